The number of hydrogen-bond donors (Lipinski definition) is 1. The van der Waals surface area contributed by atoms with Crippen LogP contribution in [0.15, 0.2) is 40.3 Å². The molecule has 1 saturated heterocycles. The van der Waals surface area contributed by atoms with Crippen LogP contribution in [0.5, 0.6) is 0 Å². The highest BCUT2D eigenvalue weighted by molar-refractivity contribution is 5.16. The zero-order valence-corrected chi connectivity index (χ0v) is 13.4. The lowest BCUT2D eigenvalue weighted by molar-refractivity contribution is 0.152. The van der Waals surface area contributed by atoms with Gasteiger partial charge in [0.1, 0.15) is 0 Å². The Bertz CT molecular complexity index is 796. The molecule has 1 aliphatic heterocycles. The van der Waals surface area contributed by atoms with Crippen molar-refractivity contribution >= 4 is 0 Å². The van der Waals surface area contributed by atoms with Crippen molar-refractivity contribution in [3.63, 3.8) is 0 Å². The van der Waals surface area contributed by atoms with Gasteiger partial charge in [0.2, 0.25) is 0 Å². The van der Waals surface area contributed by atoms with Crippen molar-refractivity contribution in [2.45, 2.75) is 12.6 Å². The van der Waals surface area contributed by atoms with Gasteiger partial charge in [0.15, 0.2) is 0 Å². The molecule has 122 valence electrons. The van der Waals surface area contributed by atoms with E-state index in [0.717, 1.165) is 29.8 Å². The number of piperazine rings is 1. The van der Waals surface area contributed by atoms with Crippen LogP contribution < -0.4 is 16.6 Å². The van der Waals surface area contributed by atoms with Gasteiger partial charge in [-0.25, -0.2) is 4.79 Å². The molecule has 1 atom stereocenters. The summed E-state index contributed by atoms with van der Waals surface area (Å²) in [5, 5.41) is 3.39. The number of nitrogens with one attached hydrogen (secondary N) is 1. The lowest BCUT2D eigenvalue weighted by Crippen LogP contribution is -2.47. The molecule has 1 aliphatic rings. The first-order chi connectivity index (χ1) is 11.1. The van der Waals surface area contributed by atoms with Gasteiger partial charge in [-0.1, -0.05) is 6.07 Å². The fourth-order valence-electron chi connectivity index (χ4n) is 3.05. The molecular formula is C16H21N5O2. The van der Waals surface area contributed by atoms with Crippen LogP contribution in [-0.4, -0.2) is 38.7 Å². The van der Waals surface area contributed by atoms with Crippen LogP contribution in [0.25, 0.3) is 0 Å². The standard InChI is InChI=1S/C16H21N5O2/c1-19-10-13(15(22)20(2)16(19)23)11-21-7-6-18-9-14(21)12-4-3-5-17-8-12/h3-5,8,10,14,18H,6-7,9,11H2,1-2H3. The fourth-order valence-corrected chi connectivity index (χ4v) is 3.05. The predicted octanol–water partition coefficient (Wildman–Crippen LogP) is -0.374. The molecule has 0 bridgehead atoms. The summed E-state index contributed by atoms with van der Waals surface area (Å²) in [6, 6.07) is 4.14. The fraction of sp³-hybridized carbons (Fsp3) is 0.438. The third kappa shape index (κ3) is 3.11. The number of aryl methyl sites for hydroxylation is 1. The molecule has 0 aromatic carbocycles. The van der Waals surface area contributed by atoms with E-state index in [-0.39, 0.29) is 17.3 Å². The van der Waals surface area contributed by atoms with Crippen molar-refractivity contribution in [1.82, 2.24) is 24.3 Å². The molecular weight excluding hydrogens is 294 g/mol. The Morgan fingerprint density at radius 1 is 1.35 bits per heavy atom. The first-order valence-electron chi connectivity index (χ1n) is 7.68. The summed E-state index contributed by atoms with van der Waals surface area (Å²) >= 11 is 0. The second-order valence-electron chi connectivity index (χ2n) is 5.89. The number of hydrogen-bond acceptors (Lipinski definition) is 5. The van der Waals surface area contributed by atoms with Crippen molar-refractivity contribution in [2.24, 2.45) is 14.1 Å². The van der Waals surface area contributed by atoms with Gasteiger partial charge in [0.25, 0.3) is 5.56 Å². The molecule has 3 rings (SSSR count). The first kappa shape index (κ1) is 15.6. The summed E-state index contributed by atoms with van der Waals surface area (Å²) in [7, 11) is 3.19. The van der Waals surface area contributed by atoms with E-state index in [0.29, 0.717) is 12.1 Å². The minimum Gasteiger partial charge on any atom is -0.314 e. The lowest BCUT2D eigenvalue weighted by atomic mass is 10.0. The van der Waals surface area contributed by atoms with E-state index >= 15 is 0 Å². The van der Waals surface area contributed by atoms with E-state index in [1.165, 1.54) is 11.6 Å². The zero-order valence-electron chi connectivity index (χ0n) is 13.4. The Kier molecular flexibility index (Phi) is 4.40. The third-order valence-corrected chi connectivity index (χ3v) is 4.31. The van der Waals surface area contributed by atoms with Crippen LogP contribution in [0.3, 0.4) is 0 Å². The summed E-state index contributed by atoms with van der Waals surface area (Å²) in [6.07, 6.45) is 5.27. The van der Waals surface area contributed by atoms with Gasteiger partial charge < -0.3 is 9.88 Å². The smallest absolute Gasteiger partial charge is 0.314 e. The molecule has 2 aromatic rings. The molecule has 2 aromatic heterocycles. The molecule has 1 N–H and O–H groups in total. The maximum atomic E-state index is 12.4. The predicted molar refractivity (Wildman–Crippen MR) is 87.2 cm³/mol. The van der Waals surface area contributed by atoms with Gasteiger partial charge in [0, 0.05) is 70.5 Å². The number of aromatic nitrogens is 3. The van der Waals surface area contributed by atoms with Crippen LogP contribution in [0.1, 0.15) is 17.2 Å². The third-order valence-electron chi connectivity index (χ3n) is 4.31. The molecule has 1 fully saturated rings. The van der Waals surface area contributed by atoms with Crippen LogP contribution in [0, 0.1) is 0 Å². The number of pyridine rings is 1. The van der Waals surface area contributed by atoms with Gasteiger partial charge in [-0.3, -0.25) is 19.2 Å². The molecule has 7 nitrogen and oxygen atoms in total. The monoisotopic (exact) mass is 315 g/mol. The average Bonchev–Trinajstić information content (AvgIpc) is 2.59. The first-order valence-corrected chi connectivity index (χ1v) is 7.68. The van der Waals surface area contributed by atoms with Gasteiger partial charge in [-0.05, 0) is 11.6 Å². The van der Waals surface area contributed by atoms with Crippen LogP contribution in [0.4, 0.5) is 0 Å². The number of rotatable bonds is 3. The molecule has 0 amide bonds. The van der Waals surface area contributed by atoms with Crippen LogP contribution in [0.2, 0.25) is 0 Å². The lowest BCUT2D eigenvalue weighted by Gasteiger charge is -2.36. The maximum absolute atomic E-state index is 12.4. The molecule has 0 saturated carbocycles. The van der Waals surface area contributed by atoms with Gasteiger partial charge in [-0.2, -0.15) is 0 Å². The minimum atomic E-state index is -0.303. The van der Waals surface area contributed by atoms with E-state index in [2.05, 4.69) is 21.3 Å². The topological polar surface area (TPSA) is 72.2 Å². The zero-order chi connectivity index (χ0) is 16.4. The largest absolute Gasteiger partial charge is 0.330 e. The van der Waals surface area contributed by atoms with E-state index in [9.17, 15) is 9.59 Å². The second-order valence-corrected chi connectivity index (χ2v) is 5.89. The quantitative estimate of drug-likeness (QED) is 0.836. The highest BCUT2D eigenvalue weighted by atomic mass is 16.2. The van der Waals surface area contributed by atoms with Gasteiger partial charge >= 0.3 is 5.69 Å². The highest BCUT2D eigenvalue weighted by Crippen LogP contribution is 2.22. The van der Waals surface area contributed by atoms with Crippen molar-refractivity contribution in [2.75, 3.05) is 19.6 Å². The normalized spacial score (nSPS) is 19.0. The average molecular weight is 315 g/mol. The molecule has 23 heavy (non-hydrogen) atoms. The van der Waals surface area contributed by atoms with Gasteiger partial charge in [0.05, 0.1) is 0 Å². The van der Waals surface area contributed by atoms with E-state index in [1.54, 1.807) is 19.4 Å². The molecule has 0 aliphatic carbocycles. The molecule has 0 spiro atoms. The van der Waals surface area contributed by atoms with Crippen molar-refractivity contribution in [1.29, 1.82) is 0 Å². The van der Waals surface area contributed by atoms with E-state index in [1.807, 2.05) is 12.3 Å². The minimum absolute atomic E-state index is 0.166. The summed E-state index contributed by atoms with van der Waals surface area (Å²) < 4.78 is 2.62. The number of nitrogens with zero attached hydrogens (tertiary/aromatic N) is 4. The van der Waals surface area contributed by atoms with E-state index < -0.39 is 0 Å². The summed E-state index contributed by atoms with van der Waals surface area (Å²) in [4.78, 5) is 30.6. The summed E-state index contributed by atoms with van der Waals surface area (Å²) in [5.74, 6) is 0. The Morgan fingerprint density at radius 2 is 2.17 bits per heavy atom. The molecule has 1 unspecified atom stereocenters. The Morgan fingerprint density at radius 3 is 2.91 bits per heavy atom. The molecule has 3 heterocycles. The van der Waals surface area contributed by atoms with Crippen molar-refractivity contribution in [3.8, 4) is 0 Å². The van der Waals surface area contributed by atoms with Crippen LogP contribution >= 0.6 is 0 Å². The highest BCUT2D eigenvalue weighted by Gasteiger charge is 2.25. The second kappa shape index (κ2) is 6.47. The van der Waals surface area contributed by atoms with E-state index in [4.69, 9.17) is 0 Å². The van der Waals surface area contributed by atoms with Gasteiger partial charge in [-0.15, -0.1) is 0 Å². The molecule has 0 radical (unpaired) electrons. The van der Waals surface area contributed by atoms with Crippen molar-refractivity contribution < 1.29 is 0 Å². The Balaban J connectivity index is 1.92. The van der Waals surface area contributed by atoms with Crippen LogP contribution in [-0.2, 0) is 20.6 Å². The maximum Gasteiger partial charge on any atom is 0.330 e. The Labute approximate surface area is 134 Å². The molecule has 7 heteroatoms. The summed E-state index contributed by atoms with van der Waals surface area (Å²) in [5.41, 5.74) is 1.23. The SMILES string of the molecule is Cn1cc(CN2CCNCC2c2cccnc2)c(=O)n(C)c1=O. The van der Waals surface area contributed by atoms with Crippen molar-refractivity contribution in [3.05, 3.63) is 62.7 Å². The Hall–Kier alpha value is -2.25. The summed E-state index contributed by atoms with van der Waals surface area (Å²) in [6.45, 7) is 3.05.